The maximum Gasteiger partial charge on any atom is 0.350 e. The molecule has 1 aliphatic rings. The van der Waals surface area contributed by atoms with Gasteiger partial charge in [0.05, 0.1) is 17.7 Å². The minimum Gasteiger partial charge on any atom is -0.465 e. The first-order chi connectivity index (χ1) is 15.2. The molecule has 2 aromatic heterocycles. The Morgan fingerprint density at radius 2 is 1.97 bits per heavy atom. The molecule has 5 nitrogen and oxygen atoms in total. The zero-order chi connectivity index (χ0) is 23.3. The van der Waals surface area contributed by atoms with E-state index >= 15 is 0 Å². The van der Waals surface area contributed by atoms with Gasteiger partial charge in [-0.3, -0.25) is 9.78 Å². The number of thiophene rings is 1. The molecule has 0 spiro atoms. The summed E-state index contributed by atoms with van der Waals surface area (Å²) in [7, 11) is 1.36. The lowest BCUT2D eigenvalue weighted by molar-refractivity contribution is -0.124. The Morgan fingerprint density at radius 1 is 1.25 bits per heavy atom. The fraction of sp³-hybridized carbons (Fsp3) is 0.500. The maximum absolute atomic E-state index is 13.6. The second kappa shape index (κ2) is 10.3. The number of rotatable bonds is 6. The average molecular weight is 453 g/mol. The van der Waals surface area contributed by atoms with Crippen LogP contribution in [0, 0.1) is 29.1 Å². The van der Waals surface area contributed by atoms with E-state index < -0.39 is 12.0 Å². The summed E-state index contributed by atoms with van der Waals surface area (Å²) in [4.78, 5) is 31.5. The van der Waals surface area contributed by atoms with E-state index in [4.69, 9.17) is 4.74 Å². The van der Waals surface area contributed by atoms with Crippen LogP contribution in [0.25, 0.3) is 0 Å². The monoisotopic (exact) mass is 452 g/mol. The molecular weight excluding hydrogens is 420 g/mol. The van der Waals surface area contributed by atoms with Gasteiger partial charge >= 0.3 is 5.97 Å². The number of methoxy groups -OCH3 is 1. The molecule has 1 aliphatic carbocycles. The Hall–Kier alpha value is -2.65. The molecule has 1 N–H and O–H groups in total. The SMILES string of the molecule is COC(=O)c1sc(C#CC(C)(C)C)cc1NC(C(=O)C1CCC(C)CC1)c1cccnc1. The van der Waals surface area contributed by atoms with Crippen molar-refractivity contribution in [2.24, 2.45) is 17.3 Å². The second-order valence-corrected chi connectivity index (χ2v) is 10.6. The number of ether oxygens (including phenoxy) is 1. The lowest BCUT2D eigenvalue weighted by Gasteiger charge is -2.29. The Balaban J connectivity index is 1.96. The van der Waals surface area contributed by atoms with Gasteiger partial charge in [0.1, 0.15) is 10.9 Å². The lowest BCUT2D eigenvalue weighted by Crippen LogP contribution is -2.30. The smallest absolute Gasteiger partial charge is 0.350 e. The minimum absolute atomic E-state index is 0.00395. The van der Waals surface area contributed by atoms with Crippen LogP contribution >= 0.6 is 11.3 Å². The molecule has 0 aromatic carbocycles. The summed E-state index contributed by atoms with van der Waals surface area (Å²) >= 11 is 1.28. The van der Waals surface area contributed by atoms with Crippen molar-refractivity contribution in [1.29, 1.82) is 0 Å². The highest BCUT2D eigenvalue weighted by atomic mass is 32.1. The maximum atomic E-state index is 13.6. The Morgan fingerprint density at radius 3 is 2.56 bits per heavy atom. The van der Waals surface area contributed by atoms with Gasteiger partial charge in [0.25, 0.3) is 0 Å². The third-order valence-corrected chi connectivity index (χ3v) is 6.71. The zero-order valence-corrected chi connectivity index (χ0v) is 20.3. The fourth-order valence-electron chi connectivity index (χ4n) is 3.85. The molecule has 2 aromatic rings. The van der Waals surface area contributed by atoms with Crippen LogP contribution in [0.4, 0.5) is 5.69 Å². The molecule has 2 heterocycles. The van der Waals surface area contributed by atoms with Gasteiger partial charge in [-0.05, 0) is 51.7 Å². The molecule has 1 fully saturated rings. The molecule has 1 saturated carbocycles. The highest BCUT2D eigenvalue weighted by Crippen LogP contribution is 2.36. The lowest BCUT2D eigenvalue weighted by atomic mass is 9.78. The summed E-state index contributed by atoms with van der Waals surface area (Å²) in [6.45, 7) is 8.36. The van der Waals surface area contributed by atoms with Crippen molar-refractivity contribution in [3.63, 3.8) is 0 Å². The van der Waals surface area contributed by atoms with Gasteiger partial charge in [-0.25, -0.2) is 4.79 Å². The van der Waals surface area contributed by atoms with E-state index in [0.29, 0.717) is 16.5 Å². The van der Waals surface area contributed by atoms with E-state index in [1.807, 2.05) is 39.0 Å². The van der Waals surface area contributed by atoms with Crippen LogP contribution in [-0.4, -0.2) is 23.8 Å². The van der Waals surface area contributed by atoms with Crippen molar-refractivity contribution >= 4 is 28.8 Å². The van der Waals surface area contributed by atoms with Crippen molar-refractivity contribution in [3.8, 4) is 11.8 Å². The van der Waals surface area contributed by atoms with Gasteiger partial charge in [0.15, 0.2) is 5.78 Å². The molecular formula is C26H32N2O3S. The van der Waals surface area contributed by atoms with Crippen molar-refractivity contribution < 1.29 is 14.3 Å². The first kappa shape index (κ1) is 24.0. The van der Waals surface area contributed by atoms with Gasteiger partial charge in [-0.15, -0.1) is 11.3 Å². The van der Waals surface area contributed by atoms with E-state index in [1.165, 1.54) is 18.4 Å². The molecule has 32 heavy (non-hydrogen) atoms. The van der Waals surface area contributed by atoms with Crippen molar-refractivity contribution in [2.75, 3.05) is 12.4 Å². The molecule has 0 aliphatic heterocycles. The van der Waals surface area contributed by atoms with Crippen LogP contribution < -0.4 is 5.32 Å². The largest absolute Gasteiger partial charge is 0.465 e. The summed E-state index contributed by atoms with van der Waals surface area (Å²) < 4.78 is 5.00. The molecule has 1 unspecified atom stereocenters. The van der Waals surface area contributed by atoms with E-state index in [-0.39, 0.29) is 17.1 Å². The van der Waals surface area contributed by atoms with Gasteiger partial charge in [-0.2, -0.15) is 0 Å². The number of carbonyl (C=O) groups excluding carboxylic acids is 2. The van der Waals surface area contributed by atoms with Crippen LogP contribution in [0.15, 0.2) is 30.6 Å². The Bertz CT molecular complexity index is 1000. The van der Waals surface area contributed by atoms with Gasteiger partial charge in [0.2, 0.25) is 0 Å². The summed E-state index contributed by atoms with van der Waals surface area (Å²) in [5.74, 6) is 6.74. The molecule has 0 saturated heterocycles. The van der Waals surface area contributed by atoms with Crippen LogP contribution in [0.5, 0.6) is 0 Å². The third kappa shape index (κ3) is 6.20. The Labute approximate surface area is 195 Å². The molecule has 0 radical (unpaired) electrons. The highest BCUT2D eigenvalue weighted by Gasteiger charge is 2.32. The predicted octanol–water partition coefficient (Wildman–Crippen LogP) is 5.88. The molecule has 1 atom stereocenters. The molecule has 0 bridgehead atoms. The van der Waals surface area contributed by atoms with E-state index in [9.17, 15) is 9.59 Å². The van der Waals surface area contributed by atoms with Crippen molar-refractivity contribution in [2.45, 2.75) is 59.4 Å². The summed E-state index contributed by atoms with van der Waals surface area (Å²) in [6, 6.07) is 4.99. The quantitative estimate of drug-likeness (QED) is 0.438. The number of esters is 1. The summed E-state index contributed by atoms with van der Waals surface area (Å²) in [6.07, 6.45) is 7.33. The first-order valence-corrected chi connectivity index (χ1v) is 11.9. The average Bonchev–Trinajstić information content (AvgIpc) is 3.18. The van der Waals surface area contributed by atoms with Gasteiger partial charge in [-0.1, -0.05) is 37.7 Å². The number of Topliss-reactive ketones (excluding diaryl/α,β-unsaturated/α-hetero) is 1. The number of anilines is 1. The fourth-order valence-corrected chi connectivity index (χ4v) is 4.75. The summed E-state index contributed by atoms with van der Waals surface area (Å²) in [5, 5.41) is 3.36. The number of nitrogens with one attached hydrogen (secondary N) is 1. The van der Waals surface area contributed by atoms with Crippen LogP contribution in [0.3, 0.4) is 0 Å². The Kier molecular flexibility index (Phi) is 7.73. The number of pyridine rings is 1. The molecule has 170 valence electrons. The predicted molar refractivity (Wildman–Crippen MR) is 129 cm³/mol. The van der Waals surface area contributed by atoms with Crippen LogP contribution in [0.2, 0.25) is 0 Å². The number of ketones is 1. The topological polar surface area (TPSA) is 68.3 Å². The highest BCUT2D eigenvalue weighted by molar-refractivity contribution is 7.15. The van der Waals surface area contributed by atoms with Crippen molar-refractivity contribution in [3.05, 3.63) is 45.9 Å². The standard InChI is InChI=1S/C26H32N2O3S/c1-17-8-10-18(11-9-17)23(29)22(19-7-6-14-27-16-19)28-21-15-20(12-13-26(2,3)4)32-24(21)25(30)31-5/h6-7,14-18,22,28H,8-11H2,1-5H3. The van der Waals surface area contributed by atoms with Crippen LogP contribution in [-0.2, 0) is 9.53 Å². The molecule has 3 rings (SSSR count). The second-order valence-electron chi connectivity index (χ2n) is 9.57. The number of carbonyl (C=O) groups is 2. The first-order valence-electron chi connectivity index (χ1n) is 11.1. The number of nitrogens with zero attached hydrogens (tertiary/aromatic N) is 1. The van der Waals surface area contributed by atoms with Gasteiger partial charge in [0, 0.05) is 29.3 Å². The van der Waals surface area contributed by atoms with Crippen molar-refractivity contribution in [1.82, 2.24) is 4.98 Å². The molecule has 6 heteroatoms. The number of hydrogen-bond donors (Lipinski definition) is 1. The van der Waals surface area contributed by atoms with Crippen LogP contribution in [0.1, 0.15) is 79.5 Å². The van der Waals surface area contributed by atoms with E-state index in [0.717, 1.165) is 36.1 Å². The number of aromatic nitrogens is 1. The third-order valence-electron chi connectivity index (χ3n) is 5.68. The van der Waals surface area contributed by atoms with Gasteiger partial charge < -0.3 is 10.1 Å². The number of hydrogen-bond acceptors (Lipinski definition) is 6. The zero-order valence-electron chi connectivity index (χ0n) is 19.5. The summed E-state index contributed by atoms with van der Waals surface area (Å²) in [5.41, 5.74) is 1.21. The molecule has 0 amide bonds. The van der Waals surface area contributed by atoms with E-state index in [1.54, 1.807) is 12.4 Å². The minimum atomic E-state index is -0.580. The normalized spacial score (nSPS) is 19.4. The van der Waals surface area contributed by atoms with E-state index in [2.05, 4.69) is 29.1 Å².